The van der Waals surface area contributed by atoms with Crippen molar-refractivity contribution in [1.29, 1.82) is 0 Å². The van der Waals surface area contributed by atoms with Crippen LogP contribution in [0.4, 0.5) is 5.69 Å². The van der Waals surface area contributed by atoms with Crippen LogP contribution in [0.5, 0.6) is 0 Å². The first-order valence-corrected chi connectivity index (χ1v) is 7.24. The van der Waals surface area contributed by atoms with Gasteiger partial charge in [0.1, 0.15) is 6.10 Å². The molecule has 0 bridgehead atoms. The Labute approximate surface area is 122 Å². The summed E-state index contributed by atoms with van der Waals surface area (Å²) in [5.41, 5.74) is 2.99. The minimum atomic E-state index is -0.302. The molecule has 1 amide bonds. The van der Waals surface area contributed by atoms with Crippen LogP contribution in [0.25, 0.3) is 21.8 Å². The largest absolute Gasteiger partial charge is 0.368 e. The summed E-state index contributed by atoms with van der Waals surface area (Å²) in [7, 11) is 0. The number of carbonyl (C=O) groups excluding carboxylic acids is 1. The highest BCUT2D eigenvalue weighted by Gasteiger charge is 2.23. The van der Waals surface area contributed by atoms with Crippen molar-refractivity contribution in [3.8, 4) is 0 Å². The lowest BCUT2D eigenvalue weighted by Gasteiger charge is -2.10. The molecular weight excluding hydrogens is 264 g/mol. The molecule has 4 heteroatoms. The molecule has 1 aromatic heterocycles. The van der Waals surface area contributed by atoms with Crippen molar-refractivity contribution in [2.45, 2.75) is 18.9 Å². The molecule has 1 fully saturated rings. The second kappa shape index (κ2) is 4.90. The molecule has 2 aromatic carbocycles. The number of aromatic amines is 1. The molecule has 1 aliphatic heterocycles. The van der Waals surface area contributed by atoms with E-state index in [-0.39, 0.29) is 12.0 Å². The Morgan fingerprint density at radius 1 is 1.14 bits per heavy atom. The minimum absolute atomic E-state index is 0.0494. The molecule has 106 valence electrons. The number of rotatable bonds is 2. The lowest BCUT2D eigenvalue weighted by molar-refractivity contribution is -0.124. The van der Waals surface area contributed by atoms with Gasteiger partial charge in [0.05, 0.1) is 0 Å². The molecular formula is C17H16N2O2. The Hall–Kier alpha value is -2.33. The van der Waals surface area contributed by atoms with Crippen LogP contribution in [-0.4, -0.2) is 23.6 Å². The first-order valence-electron chi connectivity index (χ1n) is 7.24. The Kier molecular flexibility index (Phi) is 2.89. The molecule has 21 heavy (non-hydrogen) atoms. The number of aromatic nitrogens is 1. The number of hydrogen-bond donors (Lipinski definition) is 2. The molecule has 1 unspecified atom stereocenters. The Morgan fingerprint density at radius 2 is 2.00 bits per heavy atom. The van der Waals surface area contributed by atoms with Gasteiger partial charge in [0.25, 0.3) is 5.91 Å². The molecule has 3 aromatic rings. The number of hydrogen-bond acceptors (Lipinski definition) is 2. The van der Waals surface area contributed by atoms with Gasteiger partial charge < -0.3 is 15.0 Å². The number of para-hydroxylation sites is 1. The van der Waals surface area contributed by atoms with Crippen molar-refractivity contribution in [2.24, 2.45) is 0 Å². The van der Waals surface area contributed by atoms with Crippen LogP contribution in [0.3, 0.4) is 0 Å². The SMILES string of the molecule is O=C(Nc1ccc2[nH]c3ccccc3c2c1)C1CCCO1. The molecule has 0 aliphatic carbocycles. The fourth-order valence-corrected chi connectivity index (χ4v) is 2.93. The molecule has 2 heterocycles. The highest BCUT2D eigenvalue weighted by Crippen LogP contribution is 2.28. The van der Waals surface area contributed by atoms with Gasteiger partial charge in [-0.25, -0.2) is 0 Å². The number of ether oxygens (including phenoxy) is 1. The van der Waals surface area contributed by atoms with Crippen LogP contribution in [-0.2, 0) is 9.53 Å². The van der Waals surface area contributed by atoms with Gasteiger partial charge >= 0.3 is 0 Å². The van der Waals surface area contributed by atoms with E-state index in [1.165, 1.54) is 5.39 Å². The zero-order valence-corrected chi connectivity index (χ0v) is 11.6. The van der Waals surface area contributed by atoms with Gasteiger partial charge in [-0.3, -0.25) is 4.79 Å². The lowest BCUT2D eigenvalue weighted by Crippen LogP contribution is -2.26. The Balaban J connectivity index is 1.69. The van der Waals surface area contributed by atoms with Crippen LogP contribution >= 0.6 is 0 Å². The van der Waals surface area contributed by atoms with Crippen LogP contribution < -0.4 is 5.32 Å². The fourth-order valence-electron chi connectivity index (χ4n) is 2.93. The smallest absolute Gasteiger partial charge is 0.253 e. The summed E-state index contributed by atoms with van der Waals surface area (Å²) in [6, 6.07) is 14.1. The van der Waals surface area contributed by atoms with Crippen LogP contribution in [0.2, 0.25) is 0 Å². The van der Waals surface area contributed by atoms with Crippen molar-refractivity contribution >= 4 is 33.4 Å². The van der Waals surface area contributed by atoms with Gasteiger partial charge in [-0.2, -0.15) is 0 Å². The third-order valence-electron chi connectivity index (χ3n) is 4.00. The normalized spacial score (nSPS) is 18.4. The molecule has 4 nitrogen and oxygen atoms in total. The Morgan fingerprint density at radius 3 is 2.86 bits per heavy atom. The average Bonchev–Trinajstić information content (AvgIpc) is 3.14. The van der Waals surface area contributed by atoms with Gasteiger partial charge in [-0.15, -0.1) is 0 Å². The molecule has 1 atom stereocenters. The number of anilines is 1. The maximum absolute atomic E-state index is 12.1. The summed E-state index contributed by atoms with van der Waals surface area (Å²) in [5.74, 6) is -0.0494. The summed E-state index contributed by atoms with van der Waals surface area (Å²) in [6.07, 6.45) is 1.46. The first kappa shape index (κ1) is 12.4. The van der Waals surface area contributed by atoms with Gasteiger partial charge in [-0.05, 0) is 37.1 Å². The summed E-state index contributed by atoms with van der Waals surface area (Å²) in [5, 5.41) is 5.24. The van der Waals surface area contributed by atoms with E-state index in [1.807, 2.05) is 30.3 Å². The molecule has 1 saturated heterocycles. The van der Waals surface area contributed by atoms with Gasteiger partial charge in [0, 0.05) is 34.1 Å². The van der Waals surface area contributed by atoms with Gasteiger partial charge in [0.2, 0.25) is 0 Å². The molecule has 0 spiro atoms. The quantitative estimate of drug-likeness (QED) is 0.755. The molecule has 0 radical (unpaired) electrons. The lowest BCUT2D eigenvalue weighted by atomic mass is 10.1. The highest BCUT2D eigenvalue weighted by atomic mass is 16.5. The monoisotopic (exact) mass is 280 g/mol. The number of nitrogens with one attached hydrogen (secondary N) is 2. The number of amides is 1. The molecule has 0 saturated carbocycles. The second-order valence-corrected chi connectivity index (χ2v) is 5.42. The second-order valence-electron chi connectivity index (χ2n) is 5.42. The predicted molar refractivity (Wildman–Crippen MR) is 83.4 cm³/mol. The van der Waals surface area contributed by atoms with Gasteiger partial charge in [-0.1, -0.05) is 18.2 Å². The maximum atomic E-state index is 12.1. The Bertz CT molecular complexity index is 816. The van der Waals surface area contributed by atoms with Crippen molar-refractivity contribution in [3.63, 3.8) is 0 Å². The fraction of sp³-hybridized carbons (Fsp3) is 0.235. The van der Waals surface area contributed by atoms with Crippen molar-refractivity contribution in [2.75, 3.05) is 11.9 Å². The standard InChI is InChI=1S/C17H16N2O2/c20-17(16-6-3-9-21-16)18-11-7-8-15-13(10-11)12-4-1-2-5-14(12)19-15/h1-2,4-5,7-8,10,16,19H,3,6,9H2,(H,18,20). The number of benzene rings is 2. The zero-order valence-electron chi connectivity index (χ0n) is 11.6. The summed E-state index contributed by atoms with van der Waals surface area (Å²) in [4.78, 5) is 15.5. The van der Waals surface area contributed by atoms with Gasteiger partial charge in [0.15, 0.2) is 0 Å². The maximum Gasteiger partial charge on any atom is 0.253 e. The summed E-state index contributed by atoms with van der Waals surface area (Å²) < 4.78 is 5.41. The third kappa shape index (κ3) is 2.17. The topological polar surface area (TPSA) is 54.1 Å². The molecule has 4 rings (SSSR count). The van der Waals surface area contributed by atoms with E-state index in [9.17, 15) is 4.79 Å². The predicted octanol–water partition coefficient (Wildman–Crippen LogP) is 3.44. The number of fused-ring (bicyclic) bond motifs is 3. The summed E-state index contributed by atoms with van der Waals surface area (Å²) in [6.45, 7) is 0.680. The van der Waals surface area contributed by atoms with Crippen LogP contribution in [0, 0.1) is 0 Å². The van der Waals surface area contributed by atoms with E-state index in [0.29, 0.717) is 6.61 Å². The molecule has 1 aliphatic rings. The summed E-state index contributed by atoms with van der Waals surface area (Å²) >= 11 is 0. The van der Waals surface area contributed by atoms with E-state index < -0.39 is 0 Å². The number of H-pyrrole nitrogens is 1. The zero-order chi connectivity index (χ0) is 14.2. The van der Waals surface area contributed by atoms with Crippen molar-refractivity contribution < 1.29 is 9.53 Å². The first-order chi connectivity index (χ1) is 10.3. The van der Waals surface area contributed by atoms with Crippen molar-refractivity contribution in [3.05, 3.63) is 42.5 Å². The van der Waals surface area contributed by atoms with E-state index in [2.05, 4.69) is 22.4 Å². The van der Waals surface area contributed by atoms with Crippen molar-refractivity contribution in [1.82, 2.24) is 4.98 Å². The average molecular weight is 280 g/mol. The van der Waals surface area contributed by atoms with Crippen LogP contribution in [0.1, 0.15) is 12.8 Å². The molecule has 2 N–H and O–H groups in total. The van der Waals surface area contributed by atoms with E-state index in [1.54, 1.807) is 0 Å². The highest BCUT2D eigenvalue weighted by molar-refractivity contribution is 6.09. The number of carbonyl (C=O) groups is 1. The third-order valence-corrected chi connectivity index (χ3v) is 4.00. The van der Waals surface area contributed by atoms with E-state index >= 15 is 0 Å². The van der Waals surface area contributed by atoms with Crippen LogP contribution in [0.15, 0.2) is 42.5 Å². The van der Waals surface area contributed by atoms with E-state index in [4.69, 9.17) is 4.74 Å². The minimum Gasteiger partial charge on any atom is -0.368 e. The van der Waals surface area contributed by atoms with E-state index in [0.717, 1.165) is 34.9 Å².